The lowest BCUT2D eigenvalue weighted by molar-refractivity contribution is -0.138. The van der Waals surface area contributed by atoms with Crippen molar-refractivity contribution < 1.29 is 14.7 Å². The van der Waals surface area contributed by atoms with Gasteiger partial charge in [0.1, 0.15) is 6.04 Å². The lowest BCUT2D eigenvalue weighted by Gasteiger charge is -2.50. The smallest absolute Gasteiger partial charge is 0.335 e. The number of benzene rings is 2. The minimum Gasteiger partial charge on any atom is -0.478 e. The summed E-state index contributed by atoms with van der Waals surface area (Å²) in [6.45, 7) is 15.0. The lowest BCUT2D eigenvalue weighted by Crippen LogP contribution is -2.61. The fraction of sp³-hybridized carbons (Fsp3) is 0.548. The van der Waals surface area contributed by atoms with Crippen LogP contribution in [-0.4, -0.2) is 51.1 Å². The third-order valence-corrected chi connectivity index (χ3v) is 8.57. The Morgan fingerprint density at radius 3 is 2.08 bits per heavy atom. The van der Waals surface area contributed by atoms with Crippen molar-refractivity contribution in [1.29, 1.82) is 0 Å². The van der Waals surface area contributed by atoms with Crippen LogP contribution in [0.5, 0.6) is 0 Å². The predicted molar refractivity (Wildman–Crippen MR) is 157 cm³/mol. The maximum atomic E-state index is 14.5. The first-order chi connectivity index (χ1) is 18.1. The van der Waals surface area contributed by atoms with Crippen LogP contribution in [0.2, 0.25) is 10.0 Å². The number of rotatable bonds is 6. The predicted octanol–water partition coefficient (Wildman–Crippen LogP) is 7.32. The first-order valence-electron chi connectivity index (χ1n) is 13.7. The summed E-state index contributed by atoms with van der Waals surface area (Å²) in [6.07, 6.45) is 3.22. The highest BCUT2D eigenvalue weighted by molar-refractivity contribution is 6.34. The number of carbonyl (C=O) groups excluding carboxylic acids is 1. The van der Waals surface area contributed by atoms with Crippen molar-refractivity contribution in [3.63, 3.8) is 0 Å². The van der Waals surface area contributed by atoms with Crippen LogP contribution in [0.4, 0.5) is 0 Å². The third-order valence-electron chi connectivity index (χ3n) is 8.14. The van der Waals surface area contributed by atoms with Gasteiger partial charge in [-0.1, -0.05) is 56.1 Å². The van der Waals surface area contributed by atoms with E-state index >= 15 is 0 Å². The molecule has 0 saturated carbocycles. The number of hydrogen-bond acceptors (Lipinski definition) is 4. The molecule has 2 aromatic rings. The van der Waals surface area contributed by atoms with Gasteiger partial charge in [0.25, 0.3) is 0 Å². The average Bonchev–Trinajstić information content (AvgIpc) is 3.10. The number of likely N-dealkylation sites (tertiary alicyclic amines) is 1. The molecule has 4 rings (SSSR count). The summed E-state index contributed by atoms with van der Waals surface area (Å²) < 4.78 is 0. The SMILES string of the molecule is CC(C)(C)CC[C@H](c1ccc(C(=O)O)cc1)N1C(=O)C(c2cc(Cl)cc(Cl)c2)NC12CCN(C(C)(C)C)CC2. The van der Waals surface area contributed by atoms with Crippen LogP contribution in [0.25, 0.3) is 0 Å². The van der Waals surface area contributed by atoms with Gasteiger partial charge in [-0.2, -0.15) is 0 Å². The fourth-order valence-electron chi connectivity index (χ4n) is 5.96. The molecule has 2 fully saturated rings. The summed E-state index contributed by atoms with van der Waals surface area (Å²) in [5, 5.41) is 14.2. The number of amides is 1. The Labute approximate surface area is 242 Å². The van der Waals surface area contributed by atoms with Crippen molar-refractivity contribution in [3.8, 4) is 0 Å². The van der Waals surface area contributed by atoms with Crippen molar-refractivity contribution in [2.24, 2.45) is 5.41 Å². The van der Waals surface area contributed by atoms with Crippen LogP contribution in [0, 0.1) is 5.41 Å². The van der Waals surface area contributed by atoms with Gasteiger partial charge in [0.15, 0.2) is 0 Å². The summed E-state index contributed by atoms with van der Waals surface area (Å²) in [6, 6.07) is 11.5. The molecular formula is C31H41Cl2N3O3. The molecule has 2 aliphatic heterocycles. The Morgan fingerprint density at radius 2 is 1.59 bits per heavy atom. The molecule has 2 aliphatic rings. The minimum atomic E-state index is -0.962. The second kappa shape index (κ2) is 11.0. The highest BCUT2D eigenvalue weighted by Crippen LogP contribution is 2.46. The average molecular weight is 575 g/mol. The Hall–Kier alpha value is -2.12. The van der Waals surface area contributed by atoms with E-state index in [9.17, 15) is 14.7 Å². The monoisotopic (exact) mass is 573 g/mol. The van der Waals surface area contributed by atoms with E-state index in [0.29, 0.717) is 10.0 Å². The van der Waals surface area contributed by atoms with E-state index in [2.05, 4.69) is 56.7 Å². The maximum absolute atomic E-state index is 14.5. The van der Waals surface area contributed by atoms with Gasteiger partial charge in [-0.05, 0) is 93.3 Å². The van der Waals surface area contributed by atoms with Crippen molar-refractivity contribution in [3.05, 3.63) is 69.2 Å². The van der Waals surface area contributed by atoms with Crippen LogP contribution in [-0.2, 0) is 4.79 Å². The zero-order valence-electron chi connectivity index (χ0n) is 23.9. The summed E-state index contributed by atoms with van der Waals surface area (Å²) in [7, 11) is 0. The van der Waals surface area contributed by atoms with Gasteiger partial charge in [-0.3, -0.25) is 15.0 Å². The molecule has 212 valence electrons. The zero-order valence-corrected chi connectivity index (χ0v) is 25.4. The lowest BCUT2D eigenvalue weighted by atomic mass is 9.84. The number of carboxylic acid groups (broad SMARTS) is 1. The zero-order chi connectivity index (χ0) is 28.8. The molecule has 2 aromatic carbocycles. The van der Waals surface area contributed by atoms with Crippen LogP contribution < -0.4 is 5.32 Å². The van der Waals surface area contributed by atoms with E-state index < -0.39 is 17.7 Å². The fourth-order valence-corrected chi connectivity index (χ4v) is 6.51. The molecule has 39 heavy (non-hydrogen) atoms. The van der Waals surface area contributed by atoms with Gasteiger partial charge >= 0.3 is 5.97 Å². The molecular weight excluding hydrogens is 533 g/mol. The van der Waals surface area contributed by atoms with Crippen LogP contribution in [0.3, 0.4) is 0 Å². The molecule has 2 atom stereocenters. The Morgan fingerprint density at radius 1 is 1.03 bits per heavy atom. The Balaban J connectivity index is 1.79. The molecule has 2 heterocycles. The number of aromatic carboxylic acids is 1. The minimum absolute atomic E-state index is 0.00115. The number of carboxylic acids is 1. The van der Waals surface area contributed by atoms with Crippen LogP contribution in [0.15, 0.2) is 42.5 Å². The van der Waals surface area contributed by atoms with Gasteiger partial charge in [-0.15, -0.1) is 0 Å². The second-order valence-corrected chi connectivity index (χ2v) is 14.1. The van der Waals surface area contributed by atoms with Crippen molar-refractivity contribution in [2.45, 2.75) is 90.5 Å². The number of halogens is 2. The van der Waals surface area contributed by atoms with Crippen LogP contribution in [0.1, 0.15) is 101 Å². The van der Waals surface area contributed by atoms with E-state index in [1.165, 1.54) is 0 Å². The molecule has 8 heteroatoms. The Kier molecular flexibility index (Phi) is 8.45. The van der Waals surface area contributed by atoms with E-state index in [1.807, 2.05) is 24.3 Å². The first kappa shape index (κ1) is 29.9. The molecule has 2 saturated heterocycles. The number of piperidine rings is 1. The first-order valence-corrected chi connectivity index (χ1v) is 14.5. The van der Waals surface area contributed by atoms with Gasteiger partial charge in [0, 0.05) is 28.7 Å². The van der Waals surface area contributed by atoms with E-state index in [-0.39, 0.29) is 28.5 Å². The standard InChI is InChI=1S/C31H41Cl2N3O3/c1-29(2,3)12-11-25(20-7-9-21(10-8-20)28(38)39)36-27(37)26(22-17-23(32)19-24(33)18-22)34-31(36)13-15-35(16-14-31)30(4,5)6/h7-10,17-19,25-26,34H,11-16H2,1-6H3,(H,38,39)/t25-,26?/m1/s1. The highest BCUT2D eigenvalue weighted by atomic mass is 35.5. The molecule has 0 radical (unpaired) electrons. The van der Waals surface area contributed by atoms with Crippen molar-refractivity contribution in [1.82, 2.24) is 15.1 Å². The summed E-state index contributed by atoms with van der Waals surface area (Å²) in [4.78, 5) is 30.6. The highest BCUT2D eigenvalue weighted by Gasteiger charge is 2.55. The topological polar surface area (TPSA) is 72.9 Å². The molecule has 0 aromatic heterocycles. The molecule has 1 unspecified atom stereocenters. The maximum Gasteiger partial charge on any atom is 0.335 e. The molecule has 0 bridgehead atoms. The number of nitrogens with one attached hydrogen (secondary N) is 1. The number of nitrogens with zero attached hydrogens (tertiary/aromatic N) is 2. The quantitative estimate of drug-likeness (QED) is 0.378. The summed E-state index contributed by atoms with van der Waals surface area (Å²) in [5.74, 6) is -0.964. The Bertz CT molecular complexity index is 1190. The van der Waals surface area contributed by atoms with E-state index in [0.717, 1.165) is 49.9 Å². The third kappa shape index (κ3) is 6.62. The second-order valence-electron chi connectivity index (χ2n) is 13.2. The van der Waals surface area contributed by atoms with Crippen molar-refractivity contribution in [2.75, 3.05) is 13.1 Å². The van der Waals surface area contributed by atoms with E-state index in [1.54, 1.807) is 18.2 Å². The normalized spacial score (nSPS) is 21.0. The molecule has 6 nitrogen and oxygen atoms in total. The molecule has 1 spiro atoms. The molecule has 2 N–H and O–H groups in total. The van der Waals surface area contributed by atoms with Gasteiger partial charge in [0.05, 0.1) is 17.3 Å². The molecule has 0 aliphatic carbocycles. The molecule has 1 amide bonds. The van der Waals surface area contributed by atoms with Gasteiger partial charge < -0.3 is 10.0 Å². The number of hydrogen-bond donors (Lipinski definition) is 2. The summed E-state index contributed by atoms with van der Waals surface area (Å²) >= 11 is 12.7. The van der Waals surface area contributed by atoms with Crippen molar-refractivity contribution >= 4 is 35.1 Å². The van der Waals surface area contributed by atoms with E-state index in [4.69, 9.17) is 23.2 Å². The van der Waals surface area contributed by atoms with Crippen LogP contribution >= 0.6 is 23.2 Å². The summed E-state index contributed by atoms with van der Waals surface area (Å²) in [5.41, 5.74) is 1.49. The largest absolute Gasteiger partial charge is 0.478 e. The number of carbonyl (C=O) groups is 2. The van der Waals surface area contributed by atoms with Gasteiger partial charge in [-0.25, -0.2) is 4.79 Å². The van der Waals surface area contributed by atoms with Gasteiger partial charge in [0.2, 0.25) is 5.91 Å².